The summed E-state index contributed by atoms with van der Waals surface area (Å²) in [6, 6.07) is 9.86. The van der Waals surface area contributed by atoms with Crippen molar-refractivity contribution >= 4 is 23.7 Å². The summed E-state index contributed by atoms with van der Waals surface area (Å²) in [5.74, 6) is -2.47. The van der Waals surface area contributed by atoms with Crippen LogP contribution in [0, 0.1) is 11.6 Å². The maximum atomic E-state index is 13.3. The Morgan fingerprint density at radius 2 is 1.85 bits per heavy atom. The maximum Gasteiger partial charge on any atom is 0.271 e. The van der Waals surface area contributed by atoms with Gasteiger partial charge in [0.15, 0.2) is 11.6 Å². The lowest BCUT2D eigenvalue weighted by molar-refractivity contribution is 0.0955. The van der Waals surface area contributed by atoms with Crippen LogP contribution in [0.2, 0.25) is 5.02 Å². The van der Waals surface area contributed by atoms with E-state index in [4.69, 9.17) is 11.6 Å². The van der Waals surface area contributed by atoms with Crippen LogP contribution in [-0.2, 0) is 0 Å². The minimum Gasteiger partial charge on any atom is -0.267 e. The quantitative estimate of drug-likeness (QED) is 0.684. The van der Waals surface area contributed by atoms with E-state index >= 15 is 0 Å². The van der Waals surface area contributed by atoms with Gasteiger partial charge >= 0.3 is 0 Å². The molecule has 102 valence electrons. The van der Waals surface area contributed by atoms with Crippen molar-refractivity contribution in [2.75, 3.05) is 0 Å². The molecule has 0 aliphatic rings. The summed E-state index contributed by atoms with van der Waals surface area (Å²) in [5.41, 5.74) is 2.51. The first-order valence-corrected chi connectivity index (χ1v) is 5.98. The van der Waals surface area contributed by atoms with Crippen molar-refractivity contribution in [3.05, 3.63) is 70.2 Å². The Balaban J connectivity index is 2.04. The molecule has 2 aromatic rings. The summed E-state index contributed by atoms with van der Waals surface area (Å²) in [5, 5.41) is 4.08. The van der Waals surface area contributed by atoms with Crippen LogP contribution in [-0.4, -0.2) is 12.1 Å². The van der Waals surface area contributed by atoms with Gasteiger partial charge in [-0.1, -0.05) is 23.7 Å². The summed E-state index contributed by atoms with van der Waals surface area (Å²) in [4.78, 5) is 11.7. The molecule has 6 heteroatoms. The molecule has 0 aliphatic heterocycles. The lowest BCUT2D eigenvalue weighted by Gasteiger charge is -2.00. The number of benzene rings is 2. The van der Waals surface area contributed by atoms with Crippen LogP contribution in [0.3, 0.4) is 0 Å². The third-order valence-corrected chi connectivity index (χ3v) is 2.71. The summed E-state index contributed by atoms with van der Waals surface area (Å²) in [6.07, 6.45) is 1.03. The molecule has 2 rings (SSSR count). The Kier molecular flexibility index (Phi) is 4.42. The normalized spacial score (nSPS) is 10.8. The first-order valence-electron chi connectivity index (χ1n) is 5.61. The van der Waals surface area contributed by atoms with Crippen LogP contribution < -0.4 is 5.43 Å². The molecule has 0 fully saturated rings. The fraction of sp³-hybridized carbons (Fsp3) is 0. The van der Waals surface area contributed by atoms with E-state index in [2.05, 4.69) is 10.5 Å². The Bertz CT molecular complexity index is 657. The molecule has 0 saturated heterocycles. The molecule has 0 bridgehead atoms. The van der Waals surface area contributed by atoms with Crippen LogP contribution in [0.4, 0.5) is 8.78 Å². The number of carbonyl (C=O) groups is 1. The van der Waals surface area contributed by atoms with Gasteiger partial charge in [0, 0.05) is 16.1 Å². The molecule has 0 unspecified atom stereocenters. The van der Waals surface area contributed by atoms with Crippen molar-refractivity contribution in [1.82, 2.24) is 5.43 Å². The molecule has 0 aromatic heterocycles. The van der Waals surface area contributed by atoms with Crippen molar-refractivity contribution in [2.45, 2.75) is 0 Å². The topological polar surface area (TPSA) is 41.5 Å². The summed E-state index contributed by atoms with van der Waals surface area (Å²) in [6.45, 7) is 0. The first-order chi connectivity index (χ1) is 9.58. The van der Waals surface area contributed by atoms with Gasteiger partial charge in [-0.05, 0) is 30.3 Å². The predicted octanol–water partition coefficient (Wildman–Crippen LogP) is 3.38. The van der Waals surface area contributed by atoms with E-state index in [1.807, 2.05) is 0 Å². The number of carbonyl (C=O) groups excluding carboxylic acids is 1. The Labute approximate surface area is 118 Å². The van der Waals surface area contributed by atoms with Crippen LogP contribution in [0.1, 0.15) is 15.9 Å². The van der Waals surface area contributed by atoms with E-state index in [0.717, 1.165) is 12.3 Å². The third-order valence-electron chi connectivity index (χ3n) is 2.46. The van der Waals surface area contributed by atoms with Gasteiger partial charge in [-0.3, -0.25) is 4.79 Å². The Hall–Kier alpha value is -2.27. The van der Waals surface area contributed by atoms with E-state index in [-0.39, 0.29) is 5.56 Å². The number of hydrogen-bond donors (Lipinski definition) is 1. The minimum absolute atomic E-state index is 0.0543. The predicted molar refractivity (Wildman–Crippen MR) is 72.9 cm³/mol. The van der Waals surface area contributed by atoms with Gasteiger partial charge < -0.3 is 0 Å². The van der Waals surface area contributed by atoms with E-state index in [0.29, 0.717) is 10.6 Å². The van der Waals surface area contributed by atoms with Crippen molar-refractivity contribution in [3.63, 3.8) is 0 Å². The average molecular weight is 295 g/mol. The van der Waals surface area contributed by atoms with Gasteiger partial charge in [-0.2, -0.15) is 5.10 Å². The van der Waals surface area contributed by atoms with Gasteiger partial charge in [-0.15, -0.1) is 0 Å². The molecule has 1 amide bonds. The van der Waals surface area contributed by atoms with E-state index < -0.39 is 17.5 Å². The molecule has 0 spiro atoms. The highest BCUT2D eigenvalue weighted by Crippen LogP contribution is 2.10. The maximum absolute atomic E-state index is 13.3. The third kappa shape index (κ3) is 3.39. The summed E-state index contributed by atoms with van der Waals surface area (Å²) >= 11 is 5.69. The zero-order valence-electron chi connectivity index (χ0n) is 10.1. The smallest absolute Gasteiger partial charge is 0.267 e. The summed E-state index contributed by atoms with van der Waals surface area (Å²) in [7, 11) is 0. The van der Waals surface area contributed by atoms with Gasteiger partial charge in [0.25, 0.3) is 5.91 Å². The lowest BCUT2D eigenvalue weighted by atomic mass is 10.2. The van der Waals surface area contributed by atoms with Gasteiger partial charge in [0.1, 0.15) is 0 Å². The van der Waals surface area contributed by atoms with Crippen LogP contribution in [0.5, 0.6) is 0 Å². The summed E-state index contributed by atoms with van der Waals surface area (Å²) < 4.78 is 26.2. The molecular weight excluding hydrogens is 286 g/mol. The van der Waals surface area contributed by atoms with E-state index in [1.165, 1.54) is 24.3 Å². The second kappa shape index (κ2) is 6.25. The molecule has 2 aromatic carbocycles. The monoisotopic (exact) mass is 294 g/mol. The first kappa shape index (κ1) is 14.1. The molecule has 0 heterocycles. The fourth-order valence-electron chi connectivity index (χ4n) is 1.45. The molecule has 1 N–H and O–H groups in total. The molecule has 3 nitrogen and oxygen atoms in total. The highest BCUT2D eigenvalue weighted by atomic mass is 35.5. The molecule has 0 atom stereocenters. The number of amides is 1. The van der Waals surface area contributed by atoms with E-state index in [9.17, 15) is 13.6 Å². The van der Waals surface area contributed by atoms with Crippen molar-refractivity contribution in [3.8, 4) is 0 Å². The molecular formula is C14H9ClF2N2O. The average Bonchev–Trinajstić information content (AvgIpc) is 2.44. The van der Waals surface area contributed by atoms with E-state index in [1.54, 1.807) is 12.1 Å². The van der Waals surface area contributed by atoms with Crippen LogP contribution >= 0.6 is 11.6 Å². The zero-order chi connectivity index (χ0) is 14.5. The molecule has 0 aliphatic carbocycles. The number of nitrogens with one attached hydrogen (secondary N) is 1. The zero-order valence-corrected chi connectivity index (χ0v) is 10.9. The number of halogens is 3. The van der Waals surface area contributed by atoms with Crippen molar-refractivity contribution in [1.29, 1.82) is 0 Å². The van der Waals surface area contributed by atoms with Crippen molar-refractivity contribution < 1.29 is 13.6 Å². The van der Waals surface area contributed by atoms with Crippen LogP contribution in [0.25, 0.3) is 0 Å². The van der Waals surface area contributed by atoms with Crippen LogP contribution in [0.15, 0.2) is 47.6 Å². The Morgan fingerprint density at radius 1 is 1.15 bits per heavy atom. The largest absolute Gasteiger partial charge is 0.271 e. The highest BCUT2D eigenvalue weighted by Gasteiger charge is 2.06. The second-order valence-electron chi connectivity index (χ2n) is 3.85. The van der Waals surface area contributed by atoms with Gasteiger partial charge in [0.05, 0.1) is 6.21 Å². The fourth-order valence-corrected chi connectivity index (χ4v) is 1.57. The lowest BCUT2D eigenvalue weighted by Crippen LogP contribution is -2.17. The minimum atomic E-state index is -1.02. The number of rotatable bonds is 3. The molecule has 20 heavy (non-hydrogen) atoms. The Morgan fingerprint density at radius 3 is 2.55 bits per heavy atom. The standard InChI is InChI=1S/C14H9ClF2N2O/c15-11-6-4-9(5-7-11)14(20)19-18-8-10-2-1-3-12(16)13(10)17/h1-8H,(H,19,20)/b18-8+. The molecule has 0 saturated carbocycles. The molecule has 0 radical (unpaired) electrons. The second-order valence-corrected chi connectivity index (χ2v) is 4.29. The van der Waals surface area contributed by atoms with Crippen molar-refractivity contribution in [2.24, 2.45) is 5.10 Å². The van der Waals surface area contributed by atoms with Gasteiger partial charge in [-0.25, -0.2) is 14.2 Å². The number of hydrazone groups is 1. The number of hydrogen-bond acceptors (Lipinski definition) is 2. The SMILES string of the molecule is O=C(N/N=C/c1cccc(F)c1F)c1ccc(Cl)cc1. The number of nitrogens with zero attached hydrogens (tertiary/aromatic N) is 1. The highest BCUT2D eigenvalue weighted by molar-refractivity contribution is 6.30. The van der Waals surface area contributed by atoms with Gasteiger partial charge in [0.2, 0.25) is 0 Å².